The summed E-state index contributed by atoms with van der Waals surface area (Å²) >= 11 is 0. The Bertz CT molecular complexity index is 1270. The van der Waals surface area contributed by atoms with Gasteiger partial charge in [-0.25, -0.2) is 29.5 Å². The molecular weight excluding hydrogens is 583 g/mol. The van der Waals surface area contributed by atoms with Crippen molar-refractivity contribution in [3.8, 4) is 0 Å². The molecule has 0 atom stereocenters. The zero-order valence-electron chi connectivity index (χ0n) is 20.1. The van der Waals surface area contributed by atoms with Crippen LogP contribution in [0.4, 0.5) is 37.0 Å². The quantitative estimate of drug-likeness (QED) is 0.0895. The van der Waals surface area contributed by atoms with Crippen molar-refractivity contribution < 1.29 is 64.3 Å². The number of amides is 1. The molecule has 0 unspecified atom stereocenters. The molecule has 1 amide bonds. The molecule has 2 aromatic heterocycles. The van der Waals surface area contributed by atoms with E-state index in [0.29, 0.717) is 0 Å². The third kappa shape index (κ3) is 10.7. The molecule has 0 aliphatic rings. The molecule has 13 nitrogen and oxygen atoms in total. The summed E-state index contributed by atoms with van der Waals surface area (Å²) in [5.74, 6) is 0.0256. The number of benzene rings is 1. The Morgan fingerprint density at radius 2 is 1.60 bits per heavy atom. The van der Waals surface area contributed by atoms with Crippen molar-refractivity contribution >= 4 is 30.7 Å². The standard InChI is InChI=1S/C20H20F6N5O8P/c21-19(22,23)9-36-38-40(33,39-37-10-20(24,25)26)13-34-7-6-31-12-29-15-16(27-11-28-17(15)31)30-18(32)35-8-14-4-2-1-3-5-14/h1-5,11-12H,6-10,13H2,(H,27,28,30,32). The zero-order chi connectivity index (χ0) is 29.2. The molecule has 3 rings (SSSR count). The summed E-state index contributed by atoms with van der Waals surface area (Å²) in [6.45, 7) is -4.44. The molecule has 0 aliphatic heterocycles. The van der Waals surface area contributed by atoms with Gasteiger partial charge in [0.25, 0.3) is 0 Å². The number of nitrogens with one attached hydrogen (secondary N) is 1. The summed E-state index contributed by atoms with van der Waals surface area (Å²) in [5.41, 5.74) is 1.14. The van der Waals surface area contributed by atoms with E-state index in [0.717, 1.165) is 11.9 Å². The molecule has 1 N–H and O–H groups in total. The molecule has 0 fully saturated rings. The zero-order valence-corrected chi connectivity index (χ0v) is 20.9. The van der Waals surface area contributed by atoms with E-state index in [4.69, 9.17) is 9.47 Å². The number of hydrogen-bond acceptors (Lipinski definition) is 11. The maximum absolute atomic E-state index is 12.4. The van der Waals surface area contributed by atoms with E-state index in [2.05, 4.69) is 39.4 Å². The third-order valence-corrected chi connectivity index (χ3v) is 5.50. The van der Waals surface area contributed by atoms with Gasteiger partial charge in [-0.1, -0.05) is 30.3 Å². The SMILES string of the molecule is O=C(Nc1ncnc2c1ncn2CCOCP(=O)(OOCC(F)(F)F)OOCC(F)(F)F)OCc1ccccc1. The Labute approximate surface area is 220 Å². The summed E-state index contributed by atoms with van der Waals surface area (Å²) in [5, 5.41) is 2.44. The maximum Gasteiger partial charge on any atom is 0.414 e. The number of nitrogens with zero attached hydrogens (tertiary/aromatic N) is 4. The number of hydrogen-bond donors (Lipinski definition) is 1. The molecule has 0 saturated carbocycles. The van der Waals surface area contributed by atoms with Crippen LogP contribution in [-0.2, 0) is 46.3 Å². The number of fused-ring (bicyclic) bond motifs is 1. The van der Waals surface area contributed by atoms with E-state index in [1.54, 1.807) is 24.3 Å². The first-order chi connectivity index (χ1) is 18.8. The van der Waals surface area contributed by atoms with Gasteiger partial charge in [0.15, 0.2) is 36.5 Å². The van der Waals surface area contributed by atoms with Crippen LogP contribution in [0.2, 0.25) is 0 Å². The van der Waals surface area contributed by atoms with Crippen molar-refractivity contribution in [1.82, 2.24) is 19.5 Å². The van der Waals surface area contributed by atoms with Gasteiger partial charge >= 0.3 is 26.0 Å². The molecule has 20 heteroatoms. The fourth-order valence-electron chi connectivity index (χ4n) is 2.73. The second-order valence-corrected chi connectivity index (χ2v) is 9.35. The molecule has 40 heavy (non-hydrogen) atoms. The Kier molecular flexibility index (Phi) is 10.8. The third-order valence-electron chi connectivity index (χ3n) is 4.34. The lowest BCUT2D eigenvalue weighted by Gasteiger charge is -2.17. The highest BCUT2D eigenvalue weighted by Crippen LogP contribution is 2.49. The van der Waals surface area contributed by atoms with Crippen LogP contribution in [0.25, 0.3) is 11.2 Å². The smallest absolute Gasteiger partial charge is 0.414 e. The van der Waals surface area contributed by atoms with Gasteiger partial charge in [0, 0.05) is 6.54 Å². The van der Waals surface area contributed by atoms with Crippen LogP contribution in [0.15, 0.2) is 43.0 Å². The van der Waals surface area contributed by atoms with Crippen LogP contribution in [-0.4, -0.2) is 64.1 Å². The van der Waals surface area contributed by atoms with Crippen LogP contribution < -0.4 is 5.32 Å². The topological polar surface area (TPSA) is 145 Å². The van der Waals surface area contributed by atoms with E-state index in [9.17, 15) is 35.7 Å². The highest BCUT2D eigenvalue weighted by Gasteiger charge is 2.36. The monoisotopic (exact) mass is 603 g/mol. The first kappa shape index (κ1) is 31.2. The molecule has 0 radical (unpaired) electrons. The number of aromatic nitrogens is 4. The highest BCUT2D eigenvalue weighted by molar-refractivity contribution is 7.53. The minimum Gasteiger partial charge on any atom is -0.444 e. The van der Waals surface area contributed by atoms with Crippen molar-refractivity contribution in [3.63, 3.8) is 0 Å². The van der Waals surface area contributed by atoms with E-state index < -0.39 is 45.6 Å². The lowest BCUT2D eigenvalue weighted by molar-refractivity contribution is -0.322. The van der Waals surface area contributed by atoms with Gasteiger partial charge in [0.2, 0.25) is 0 Å². The molecule has 3 aromatic rings. The van der Waals surface area contributed by atoms with Crippen molar-refractivity contribution in [2.24, 2.45) is 0 Å². The van der Waals surface area contributed by atoms with Gasteiger partial charge in [0.1, 0.15) is 12.9 Å². The summed E-state index contributed by atoms with van der Waals surface area (Å²) in [7, 11) is -4.88. The Balaban J connectivity index is 1.54. The van der Waals surface area contributed by atoms with Crippen LogP contribution in [0.3, 0.4) is 0 Å². The van der Waals surface area contributed by atoms with Crippen molar-refractivity contribution in [3.05, 3.63) is 48.5 Å². The van der Waals surface area contributed by atoms with Crippen molar-refractivity contribution in [2.45, 2.75) is 25.5 Å². The summed E-state index contributed by atoms with van der Waals surface area (Å²) in [6, 6.07) is 8.90. The average Bonchev–Trinajstić information content (AvgIpc) is 3.28. The fraction of sp³-hybridized carbons (Fsp3) is 0.400. The molecule has 0 saturated heterocycles. The molecule has 0 bridgehead atoms. The van der Waals surface area contributed by atoms with E-state index in [1.165, 1.54) is 10.9 Å². The van der Waals surface area contributed by atoms with Crippen molar-refractivity contribution in [1.29, 1.82) is 0 Å². The number of ether oxygens (including phenoxy) is 2. The molecule has 0 spiro atoms. The van der Waals surface area contributed by atoms with E-state index in [-0.39, 0.29) is 36.7 Å². The lowest BCUT2D eigenvalue weighted by atomic mass is 10.2. The van der Waals surface area contributed by atoms with E-state index >= 15 is 0 Å². The highest BCUT2D eigenvalue weighted by atomic mass is 31.2. The number of carbonyl (C=O) groups excluding carboxylic acids is 1. The van der Waals surface area contributed by atoms with Gasteiger partial charge in [-0.15, -0.1) is 9.35 Å². The summed E-state index contributed by atoms with van der Waals surface area (Å²) < 4.78 is 105. The van der Waals surface area contributed by atoms with Crippen LogP contribution in [0.1, 0.15) is 5.56 Å². The number of imidazole rings is 1. The lowest BCUT2D eigenvalue weighted by Crippen LogP contribution is -2.19. The first-order valence-corrected chi connectivity index (χ1v) is 12.6. The van der Waals surface area contributed by atoms with Gasteiger partial charge < -0.3 is 14.0 Å². The minimum absolute atomic E-state index is 0.00640. The molecule has 1 aromatic carbocycles. The number of anilines is 1. The maximum atomic E-state index is 12.4. The van der Waals surface area contributed by atoms with Crippen LogP contribution >= 0.6 is 7.60 Å². The summed E-state index contributed by atoms with van der Waals surface area (Å²) in [6.07, 6.45) is -9.32. The van der Waals surface area contributed by atoms with Gasteiger partial charge in [0.05, 0.1) is 12.9 Å². The minimum atomic E-state index is -4.89. The number of carbonyl (C=O) groups is 1. The molecule has 0 aliphatic carbocycles. The predicted octanol–water partition coefficient (Wildman–Crippen LogP) is 4.76. The molecule has 2 heterocycles. The molecular formula is C20H20F6N5O8P. The normalized spacial score (nSPS) is 12.6. The van der Waals surface area contributed by atoms with Crippen molar-refractivity contribution in [2.75, 3.05) is 31.5 Å². The first-order valence-electron chi connectivity index (χ1n) is 10.9. The summed E-state index contributed by atoms with van der Waals surface area (Å²) in [4.78, 5) is 31.8. The van der Waals surface area contributed by atoms with Crippen LogP contribution in [0.5, 0.6) is 0 Å². The Morgan fingerprint density at radius 1 is 0.950 bits per heavy atom. The Hall–Kier alpha value is -3.35. The fourth-order valence-corrected chi connectivity index (χ4v) is 3.62. The number of rotatable bonds is 14. The molecule has 220 valence electrons. The predicted molar refractivity (Wildman–Crippen MR) is 120 cm³/mol. The van der Waals surface area contributed by atoms with Gasteiger partial charge in [-0.3, -0.25) is 9.88 Å². The number of halogens is 6. The van der Waals surface area contributed by atoms with Gasteiger partial charge in [-0.05, 0) is 5.56 Å². The number of alkyl halides is 6. The average molecular weight is 603 g/mol. The van der Waals surface area contributed by atoms with E-state index in [1.807, 2.05) is 6.07 Å². The Morgan fingerprint density at radius 3 is 2.23 bits per heavy atom. The van der Waals surface area contributed by atoms with Gasteiger partial charge in [-0.2, -0.15) is 26.3 Å². The second kappa shape index (κ2) is 13.8. The second-order valence-electron chi connectivity index (χ2n) is 7.57. The largest absolute Gasteiger partial charge is 0.444 e. The van der Waals surface area contributed by atoms with Crippen LogP contribution in [0, 0.1) is 0 Å².